The van der Waals surface area contributed by atoms with Crippen LogP contribution < -0.4 is 4.90 Å². The summed E-state index contributed by atoms with van der Waals surface area (Å²) in [5.41, 5.74) is 8.43. The average Bonchev–Trinajstić information content (AvgIpc) is 2.80. The van der Waals surface area contributed by atoms with Crippen molar-refractivity contribution in [2.24, 2.45) is 0 Å². The first-order chi connectivity index (χ1) is 14.6. The molecular weight excluding hydrogens is 366 g/mol. The molecule has 0 atom stereocenters. The maximum atomic E-state index is 9.32. The van der Waals surface area contributed by atoms with Crippen LogP contribution in [-0.2, 0) is 5.41 Å². The zero-order valence-corrected chi connectivity index (χ0v) is 17.0. The first-order valence-corrected chi connectivity index (χ1v) is 10.1. The Labute approximate surface area is 176 Å². The van der Waals surface area contributed by atoms with E-state index in [1.54, 1.807) is 6.20 Å². The molecule has 0 saturated heterocycles. The van der Waals surface area contributed by atoms with Crippen LogP contribution in [0.25, 0.3) is 11.1 Å². The zero-order valence-electron chi connectivity index (χ0n) is 17.0. The van der Waals surface area contributed by atoms with Crippen LogP contribution in [0.4, 0.5) is 17.1 Å². The highest BCUT2D eigenvalue weighted by Crippen LogP contribution is 2.53. The number of fused-ring (bicyclic) bond motifs is 2. The summed E-state index contributed by atoms with van der Waals surface area (Å²) in [6.45, 7) is 4.58. The quantitative estimate of drug-likeness (QED) is 0.383. The molecule has 0 fully saturated rings. The van der Waals surface area contributed by atoms with E-state index in [2.05, 4.69) is 96.5 Å². The Morgan fingerprint density at radius 2 is 1.33 bits per heavy atom. The molecule has 5 rings (SSSR count). The summed E-state index contributed by atoms with van der Waals surface area (Å²) in [7, 11) is 0. The lowest BCUT2D eigenvalue weighted by atomic mass is 9.73. The number of aromatic nitrogens is 1. The Bertz CT molecular complexity index is 1250. The van der Waals surface area contributed by atoms with Gasteiger partial charge in [0.1, 0.15) is 11.8 Å². The molecule has 3 nitrogen and oxygen atoms in total. The van der Waals surface area contributed by atoms with E-state index in [9.17, 15) is 5.26 Å². The highest BCUT2D eigenvalue weighted by atomic mass is 15.2. The van der Waals surface area contributed by atoms with Gasteiger partial charge >= 0.3 is 0 Å². The third-order valence-electron chi connectivity index (χ3n) is 5.97. The summed E-state index contributed by atoms with van der Waals surface area (Å²) in [4.78, 5) is 6.49. The molecule has 4 aromatic rings. The minimum atomic E-state index is -0.0940. The molecule has 0 spiro atoms. The molecule has 144 valence electrons. The maximum absolute atomic E-state index is 9.32. The van der Waals surface area contributed by atoms with Crippen LogP contribution in [0, 0.1) is 11.3 Å². The molecular formula is C27H21N3. The Kier molecular flexibility index (Phi) is 4.15. The predicted molar refractivity (Wildman–Crippen MR) is 121 cm³/mol. The van der Waals surface area contributed by atoms with Gasteiger partial charge in [0.25, 0.3) is 0 Å². The van der Waals surface area contributed by atoms with Gasteiger partial charge in [0.15, 0.2) is 0 Å². The van der Waals surface area contributed by atoms with Gasteiger partial charge in [-0.3, -0.25) is 0 Å². The topological polar surface area (TPSA) is 39.9 Å². The molecule has 3 heteroatoms. The second kappa shape index (κ2) is 6.86. The van der Waals surface area contributed by atoms with Crippen molar-refractivity contribution in [1.82, 2.24) is 4.98 Å². The van der Waals surface area contributed by atoms with Crippen LogP contribution in [0.15, 0.2) is 91.1 Å². The van der Waals surface area contributed by atoms with Gasteiger partial charge in [-0.25, -0.2) is 4.98 Å². The Morgan fingerprint density at radius 1 is 0.767 bits per heavy atom. The number of pyridine rings is 1. The van der Waals surface area contributed by atoms with Crippen molar-refractivity contribution in [2.75, 3.05) is 4.90 Å². The van der Waals surface area contributed by atoms with Crippen LogP contribution >= 0.6 is 0 Å². The lowest BCUT2D eigenvalue weighted by molar-refractivity contribution is 0.632. The van der Waals surface area contributed by atoms with Crippen molar-refractivity contribution in [3.05, 3.63) is 108 Å². The van der Waals surface area contributed by atoms with Crippen LogP contribution in [0.5, 0.6) is 0 Å². The van der Waals surface area contributed by atoms with E-state index < -0.39 is 0 Å². The van der Waals surface area contributed by atoms with Gasteiger partial charge in [-0.05, 0) is 47.0 Å². The molecule has 0 radical (unpaired) electrons. The van der Waals surface area contributed by atoms with Crippen LogP contribution in [0.3, 0.4) is 0 Å². The number of rotatable bonds is 2. The second-order valence-corrected chi connectivity index (χ2v) is 8.05. The fourth-order valence-electron chi connectivity index (χ4n) is 4.50. The van der Waals surface area contributed by atoms with E-state index in [0.717, 1.165) is 16.8 Å². The SMILES string of the molecule is CC1(C)c2ccccc2N(c2ccccc2-c2ccnc(C#N)c2)c2ccccc21. The van der Waals surface area contributed by atoms with Gasteiger partial charge in [0.2, 0.25) is 0 Å². The third kappa shape index (κ3) is 2.69. The standard InChI is InChI=1S/C27H21N3/c1-27(2)22-10-4-7-13-25(22)30(26-14-8-5-11-23(26)27)24-12-6-3-9-21(24)19-15-16-29-20(17-19)18-28/h3-17H,1-2H3. The van der Waals surface area contributed by atoms with E-state index in [-0.39, 0.29) is 5.41 Å². The Hall–Kier alpha value is -3.90. The number of hydrogen-bond donors (Lipinski definition) is 0. The second-order valence-electron chi connectivity index (χ2n) is 8.05. The van der Waals surface area contributed by atoms with E-state index in [1.807, 2.05) is 18.2 Å². The first kappa shape index (κ1) is 18.1. The summed E-state index contributed by atoms with van der Waals surface area (Å²) in [5.74, 6) is 0. The fraction of sp³-hybridized carbons (Fsp3) is 0.111. The molecule has 1 aromatic heterocycles. The van der Waals surface area contributed by atoms with Crippen molar-refractivity contribution >= 4 is 17.1 Å². The molecule has 2 heterocycles. The van der Waals surface area contributed by atoms with Crippen molar-refractivity contribution < 1.29 is 0 Å². The van der Waals surface area contributed by atoms with Crippen LogP contribution in [0.1, 0.15) is 30.7 Å². The van der Waals surface area contributed by atoms with Crippen LogP contribution in [0.2, 0.25) is 0 Å². The van der Waals surface area contributed by atoms with Gasteiger partial charge in [-0.1, -0.05) is 68.4 Å². The van der Waals surface area contributed by atoms with Crippen molar-refractivity contribution in [2.45, 2.75) is 19.3 Å². The summed E-state index contributed by atoms with van der Waals surface area (Å²) in [6, 6.07) is 31.6. The minimum absolute atomic E-state index is 0.0940. The molecule has 1 aliphatic rings. The molecule has 1 aliphatic heterocycles. The van der Waals surface area contributed by atoms with E-state index in [1.165, 1.54) is 22.5 Å². The Balaban J connectivity index is 1.80. The molecule has 0 unspecified atom stereocenters. The largest absolute Gasteiger partial charge is 0.309 e. The average molecular weight is 387 g/mol. The summed E-state index contributed by atoms with van der Waals surface area (Å²) >= 11 is 0. The summed E-state index contributed by atoms with van der Waals surface area (Å²) in [6.07, 6.45) is 1.70. The summed E-state index contributed by atoms with van der Waals surface area (Å²) in [5, 5.41) is 9.32. The highest BCUT2D eigenvalue weighted by molar-refractivity contribution is 5.92. The normalized spacial score (nSPS) is 13.8. The predicted octanol–water partition coefficient (Wildman–Crippen LogP) is 6.73. The molecule has 0 aliphatic carbocycles. The van der Waals surface area contributed by atoms with E-state index in [0.29, 0.717) is 5.69 Å². The number of para-hydroxylation sites is 3. The van der Waals surface area contributed by atoms with Gasteiger partial charge in [-0.2, -0.15) is 5.26 Å². The van der Waals surface area contributed by atoms with Gasteiger partial charge in [-0.15, -0.1) is 0 Å². The van der Waals surface area contributed by atoms with Crippen molar-refractivity contribution in [3.63, 3.8) is 0 Å². The zero-order chi connectivity index (χ0) is 20.7. The molecule has 0 amide bonds. The maximum Gasteiger partial charge on any atom is 0.141 e. The number of nitriles is 1. The smallest absolute Gasteiger partial charge is 0.141 e. The molecule has 0 bridgehead atoms. The van der Waals surface area contributed by atoms with Gasteiger partial charge < -0.3 is 4.90 Å². The molecule has 0 N–H and O–H groups in total. The molecule has 30 heavy (non-hydrogen) atoms. The van der Waals surface area contributed by atoms with Gasteiger partial charge in [0, 0.05) is 17.2 Å². The number of hydrogen-bond acceptors (Lipinski definition) is 3. The molecule has 0 saturated carbocycles. The molecule has 3 aromatic carbocycles. The summed E-state index contributed by atoms with van der Waals surface area (Å²) < 4.78 is 0. The lowest BCUT2D eigenvalue weighted by Gasteiger charge is -2.42. The van der Waals surface area contributed by atoms with E-state index in [4.69, 9.17) is 0 Å². The number of nitrogens with zero attached hydrogens (tertiary/aromatic N) is 3. The minimum Gasteiger partial charge on any atom is -0.309 e. The first-order valence-electron chi connectivity index (χ1n) is 10.1. The lowest BCUT2D eigenvalue weighted by Crippen LogP contribution is -2.30. The number of benzene rings is 3. The highest BCUT2D eigenvalue weighted by Gasteiger charge is 2.36. The Morgan fingerprint density at radius 3 is 1.97 bits per heavy atom. The number of anilines is 3. The fourth-order valence-corrected chi connectivity index (χ4v) is 4.50. The van der Waals surface area contributed by atoms with Crippen molar-refractivity contribution in [3.8, 4) is 17.2 Å². The third-order valence-corrected chi connectivity index (χ3v) is 5.97. The monoisotopic (exact) mass is 387 g/mol. The van der Waals surface area contributed by atoms with Crippen LogP contribution in [-0.4, -0.2) is 4.98 Å². The van der Waals surface area contributed by atoms with E-state index >= 15 is 0 Å². The van der Waals surface area contributed by atoms with Gasteiger partial charge in [0.05, 0.1) is 17.1 Å². The van der Waals surface area contributed by atoms with Crippen molar-refractivity contribution in [1.29, 1.82) is 5.26 Å².